The van der Waals surface area contributed by atoms with Crippen LogP contribution in [0.15, 0.2) is 30.3 Å². The summed E-state index contributed by atoms with van der Waals surface area (Å²) in [6.45, 7) is 4.64. The van der Waals surface area contributed by atoms with E-state index in [1.165, 1.54) is 0 Å². The monoisotopic (exact) mass is 418 g/mol. The van der Waals surface area contributed by atoms with Crippen molar-refractivity contribution in [2.75, 3.05) is 85.9 Å². The van der Waals surface area contributed by atoms with Crippen LogP contribution < -0.4 is 4.74 Å². The van der Waals surface area contributed by atoms with E-state index < -0.39 is 6.29 Å². The van der Waals surface area contributed by atoms with Gasteiger partial charge in [0.15, 0.2) is 0 Å². The summed E-state index contributed by atoms with van der Waals surface area (Å²) in [5.74, 6) is 0.640. The Labute approximate surface area is 172 Å². The fourth-order valence-corrected chi connectivity index (χ4v) is 2.06. The van der Waals surface area contributed by atoms with Crippen LogP contribution in [-0.2, 0) is 28.4 Å². The first kappa shape index (κ1) is 25.7. The zero-order valence-electron chi connectivity index (χ0n) is 16.9. The normalized spacial score (nSPS) is 12.2. The van der Waals surface area contributed by atoms with Gasteiger partial charge in [0.25, 0.3) is 0 Å². The van der Waals surface area contributed by atoms with E-state index in [9.17, 15) is 5.11 Å². The van der Waals surface area contributed by atoms with Gasteiger partial charge in [-0.25, -0.2) is 0 Å². The molecule has 0 heterocycles. The number of rotatable bonds is 21. The quantitative estimate of drug-likeness (QED) is 0.218. The molecular weight excluding hydrogens is 384 g/mol. The van der Waals surface area contributed by atoms with Gasteiger partial charge in [-0.1, -0.05) is 18.2 Å². The van der Waals surface area contributed by atoms with Crippen LogP contribution in [0.1, 0.15) is 0 Å². The molecule has 1 unspecified atom stereocenters. The lowest BCUT2D eigenvalue weighted by Gasteiger charge is -2.17. The summed E-state index contributed by atoms with van der Waals surface area (Å²) in [4.78, 5) is 0. The molecule has 0 aliphatic carbocycles. The van der Waals surface area contributed by atoms with Crippen molar-refractivity contribution in [1.82, 2.24) is 0 Å². The van der Waals surface area contributed by atoms with Crippen LogP contribution in [0.2, 0.25) is 0 Å². The molecule has 0 fully saturated rings. The third-order valence-corrected chi connectivity index (χ3v) is 3.41. The number of aliphatic hydroxyl groups excluding tert-OH is 2. The highest BCUT2D eigenvalue weighted by Crippen LogP contribution is 2.11. The molecule has 0 radical (unpaired) electrons. The fourth-order valence-electron chi connectivity index (χ4n) is 2.06. The Morgan fingerprint density at radius 3 is 1.48 bits per heavy atom. The Hall–Kier alpha value is -1.30. The first-order valence-corrected chi connectivity index (χ1v) is 9.80. The number of hydrogen-bond acceptors (Lipinski definition) is 9. The summed E-state index contributed by atoms with van der Waals surface area (Å²) < 4.78 is 37.4. The minimum Gasteiger partial charge on any atom is -0.462 e. The van der Waals surface area contributed by atoms with Gasteiger partial charge in [0, 0.05) is 0 Å². The third-order valence-electron chi connectivity index (χ3n) is 3.41. The minimum atomic E-state index is -0.716. The first-order valence-electron chi connectivity index (χ1n) is 9.80. The van der Waals surface area contributed by atoms with Crippen LogP contribution in [0.25, 0.3) is 0 Å². The van der Waals surface area contributed by atoms with Gasteiger partial charge >= 0.3 is 0 Å². The Kier molecular flexibility index (Phi) is 17.7. The molecule has 0 aromatic heterocycles. The van der Waals surface area contributed by atoms with Crippen molar-refractivity contribution in [3.8, 4) is 5.75 Å². The topological polar surface area (TPSA) is 105 Å². The Bertz CT molecular complexity index is 447. The molecular formula is C20H34O9. The fraction of sp³-hybridized carbons (Fsp3) is 0.700. The second kappa shape index (κ2) is 20.0. The van der Waals surface area contributed by atoms with Gasteiger partial charge in [0.2, 0.25) is 6.29 Å². The summed E-state index contributed by atoms with van der Waals surface area (Å²) in [7, 11) is 0. The molecule has 0 amide bonds. The molecule has 0 saturated heterocycles. The number of para-hydroxylation sites is 1. The van der Waals surface area contributed by atoms with Crippen LogP contribution in [0.5, 0.6) is 5.75 Å². The van der Waals surface area contributed by atoms with Crippen LogP contribution in [0.3, 0.4) is 0 Å². The van der Waals surface area contributed by atoms with E-state index in [2.05, 4.69) is 0 Å². The van der Waals surface area contributed by atoms with Gasteiger partial charge in [-0.3, -0.25) is 0 Å². The van der Waals surface area contributed by atoms with Crippen molar-refractivity contribution in [2.45, 2.75) is 6.29 Å². The van der Waals surface area contributed by atoms with Gasteiger partial charge < -0.3 is 43.4 Å². The zero-order chi connectivity index (χ0) is 20.8. The lowest BCUT2D eigenvalue weighted by Crippen LogP contribution is -2.26. The molecule has 1 aromatic carbocycles. The molecule has 9 nitrogen and oxygen atoms in total. The minimum absolute atomic E-state index is 0.0236. The molecule has 168 valence electrons. The highest BCUT2D eigenvalue weighted by atomic mass is 16.7. The summed E-state index contributed by atoms with van der Waals surface area (Å²) in [5, 5.41) is 17.8. The number of aliphatic hydroxyl groups is 2. The van der Waals surface area contributed by atoms with E-state index in [4.69, 9.17) is 38.3 Å². The average Bonchev–Trinajstić information content (AvgIpc) is 2.75. The maximum absolute atomic E-state index is 9.28. The van der Waals surface area contributed by atoms with Crippen molar-refractivity contribution in [3.05, 3.63) is 30.3 Å². The van der Waals surface area contributed by atoms with E-state index in [-0.39, 0.29) is 13.2 Å². The van der Waals surface area contributed by atoms with Gasteiger partial charge in [-0.15, -0.1) is 0 Å². The van der Waals surface area contributed by atoms with Gasteiger partial charge in [-0.05, 0) is 12.1 Å². The van der Waals surface area contributed by atoms with Crippen molar-refractivity contribution in [3.63, 3.8) is 0 Å². The van der Waals surface area contributed by atoms with Crippen molar-refractivity contribution < 1.29 is 43.4 Å². The largest absolute Gasteiger partial charge is 0.462 e. The van der Waals surface area contributed by atoms with E-state index in [0.29, 0.717) is 78.4 Å². The Balaban J connectivity index is 1.79. The standard InChI is InChI=1S/C20H34O9/c21-6-7-23-8-9-24-10-11-25-12-13-26-14-15-27-16-17-28-20(18-22)29-19-4-2-1-3-5-19/h1-5,20-22H,6-18H2. The van der Waals surface area contributed by atoms with Crippen LogP contribution in [-0.4, -0.2) is 102 Å². The summed E-state index contributed by atoms with van der Waals surface area (Å²) in [6, 6.07) is 9.19. The molecule has 9 heteroatoms. The summed E-state index contributed by atoms with van der Waals surface area (Å²) in [6.07, 6.45) is -0.716. The molecule has 1 aromatic rings. The number of ether oxygens (including phenoxy) is 7. The Morgan fingerprint density at radius 1 is 0.586 bits per heavy atom. The molecule has 0 saturated carbocycles. The summed E-state index contributed by atoms with van der Waals surface area (Å²) in [5.41, 5.74) is 0. The molecule has 1 atom stereocenters. The van der Waals surface area contributed by atoms with Crippen LogP contribution >= 0.6 is 0 Å². The van der Waals surface area contributed by atoms with E-state index in [1.54, 1.807) is 12.1 Å². The molecule has 0 aliphatic rings. The maximum atomic E-state index is 9.28. The van der Waals surface area contributed by atoms with E-state index in [1.807, 2.05) is 18.2 Å². The molecule has 1 rings (SSSR count). The molecule has 0 aliphatic heterocycles. The number of hydrogen-bond donors (Lipinski definition) is 2. The zero-order valence-corrected chi connectivity index (χ0v) is 16.9. The molecule has 0 bridgehead atoms. The van der Waals surface area contributed by atoms with Crippen molar-refractivity contribution in [1.29, 1.82) is 0 Å². The summed E-state index contributed by atoms with van der Waals surface area (Å²) >= 11 is 0. The lowest BCUT2D eigenvalue weighted by atomic mass is 10.3. The van der Waals surface area contributed by atoms with E-state index in [0.717, 1.165) is 0 Å². The third kappa shape index (κ3) is 16.2. The smallest absolute Gasteiger partial charge is 0.223 e. The van der Waals surface area contributed by atoms with Crippen molar-refractivity contribution >= 4 is 0 Å². The molecule has 0 spiro atoms. The predicted molar refractivity (Wildman–Crippen MR) is 105 cm³/mol. The van der Waals surface area contributed by atoms with Crippen LogP contribution in [0.4, 0.5) is 0 Å². The lowest BCUT2D eigenvalue weighted by molar-refractivity contribution is -0.119. The first-order chi connectivity index (χ1) is 14.4. The van der Waals surface area contributed by atoms with Gasteiger partial charge in [0.1, 0.15) is 12.4 Å². The second-order valence-corrected chi connectivity index (χ2v) is 5.70. The van der Waals surface area contributed by atoms with Gasteiger partial charge in [0.05, 0.1) is 79.3 Å². The molecule has 2 N–H and O–H groups in total. The second-order valence-electron chi connectivity index (χ2n) is 5.70. The molecule has 29 heavy (non-hydrogen) atoms. The highest BCUT2D eigenvalue weighted by Gasteiger charge is 2.08. The SMILES string of the molecule is OCCOCCOCCOCCOCCOCCOC(CO)Oc1ccccc1. The van der Waals surface area contributed by atoms with E-state index >= 15 is 0 Å². The predicted octanol–water partition coefficient (Wildman–Crippen LogP) is 0.476. The number of benzene rings is 1. The van der Waals surface area contributed by atoms with Gasteiger partial charge in [-0.2, -0.15) is 0 Å². The van der Waals surface area contributed by atoms with Crippen molar-refractivity contribution in [2.24, 2.45) is 0 Å². The average molecular weight is 418 g/mol. The Morgan fingerprint density at radius 2 is 1.03 bits per heavy atom. The highest BCUT2D eigenvalue weighted by molar-refractivity contribution is 5.20. The van der Waals surface area contributed by atoms with Crippen LogP contribution in [0, 0.1) is 0 Å². The maximum Gasteiger partial charge on any atom is 0.223 e.